The van der Waals surface area contributed by atoms with Gasteiger partial charge in [0.2, 0.25) is 0 Å². The van der Waals surface area contributed by atoms with E-state index in [9.17, 15) is 8.42 Å². The standard InChI is InChI=1S/C9H19N3O2S/c10-9-5-4-8-12(9)15(13,14)11-6-2-1-3-7-11/h9H,1-8,10H2. The summed E-state index contributed by atoms with van der Waals surface area (Å²) in [5.74, 6) is 0. The molecule has 15 heavy (non-hydrogen) atoms. The Morgan fingerprint density at radius 2 is 1.67 bits per heavy atom. The lowest BCUT2D eigenvalue weighted by Crippen LogP contribution is -2.50. The van der Waals surface area contributed by atoms with Gasteiger partial charge < -0.3 is 5.73 Å². The Bertz CT molecular complexity index is 311. The maximum absolute atomic E-state index is 12.2. The van der Waals surface area contributed by atoms with Crippen LogP contribution in [0.3, 0.4) is 0 Å². The summed E-state index contributed by atoms with van der Waals surface area (Å²) in [5, 5.41) is 0. The van der Waals surface area contributed by atoms with Gasteiger partial charge in [-0.3, -0.25) is 0 Å². The first-order chi connectivity index (χ1) is 7.12. The first-order valence-electron chi connectivity index (χ1n) is 5.65. The van der Waals surface area contributed by atoms with Gasteiger partial charge in [-0.2, -0.15) is 17.0 Å². The van der Waals surface area contributed by atoms with Gasteiger partial charge in [-0.15, -0.1) is 0 Å². The third-order valence-electron chi connectivity index (χ3n) is 3.19. The van der Waals surface area contributed by atoms with Crippen molar-refractivity contribution in [2.75, 3.05) is 19.6 Å². The summed E-state index contributed by atoms with van der Waals surface area (Å²) in [7, 11) is -3.27. The molecule has 2 aliphatic heterocycles. The summed E-state index contributed by atoms with van der Waals surface area (Å²) in [6.45, 7) is 1.90. The molecule has 2 saturated heterocycles. The van der Waals surface area contributed by atoms with Crippen molar-refractivity contribution in [2.24, 2.45) is 5.73 Å². The Hall–Kier alpha value is -0.170. The van der Waals surface area contributed by atoms with Crippen LogP contribution in [0.1, 0.15) is 32.1 Å². The predicted molar refractivity (Wildman–Crippen MR) is 58.3 cm³/mol. The lowest BCUT2D eigenvalue weighted by atomic mass is 10.2. The Morgan fingerprint density at radius 1 is 1.00 bits per heavy atom. The third kappa shape index (κ3) is 2.18. The number of hydrogen-bond donors (Lipinski definition) is 1. The van der Waals surface area contributed by atoms with Crippen LogP contribution in [0.2, 0.25) is 0 Å². The first kappa shape index (κ1) is 11.3. The van der Waals surface area contributed by atoms with Gasteiger partial charge in [0.25, 0.3) is 10.2 Å². The van der Waals surface area contributed by atoms with E-state index < -0.39 is 10.2 Å². The zero-order valence-electron chi connectivity index (χ0n) is 8.93. The van der Waals surface area contributed by atoms with Crippen molar-refractivity contribution in [1.29, 1.82) is 0 Å². The van der Waals surface area contributed by atoms with Gasteiger partial charge in [0.15, 0.2) is 0 Å². The van der Waals surface area contributed by atoms with E-state index in [1.165, 1.54) is 4.31 Å². The highest BCUT2D eigenvalue weighted by Gasteiger charge is 2.36. The molecule has 2 heterocycles. The Morgan fingerprint density at radius 3 is 2.20 bits per heavy atom. The second-order valence-electron chi connectivity index (χ2n) is 4.29. The fourth-order valence-corrected chi connectivity index (χ4v) is 4.12. The van der Waals surface area contributed by atoms with Crippen LogP contribution in [-0.4, -0.2) is 42.8 Å². The molecule has 2 aliphatic rings. The van der Waals surface area contributed by atoms with Crippen molar-refractivity contribution in [3.8, 4) is 0 Å². The normalized spacial score (nSPS) is 30.9. The van der Waals surface area contributed by atoms with Crippen LogP contribution >= 0.6 is 0 Å². The molecule has 88 valence electrons. The molecule has 2 fully saturated rings. The van der Waals surface area contributed by atoms with E-state index in [0.717, 1.165) is 32.1 Å². The highest BCUT2D eigenvalue weighted by Crippen LogP contribution is 2.22. The van der Waals surface area contributed by atoms with Crippen LogP contribution in [0.5, 0.6) is 0 Å². The van der Waals surface area contributed by atoms with E-state index in [1.807, 2.05) is 0 Å². The second-order valence-corrected chi connectivity index (χ2v) is 6.17. The van der Waals surface area contributed by atoms with Gasteiger partial charge in [-0.25, -0.2) is 0 Å². The molecule has 0 saturated carbocycles. The fraction of sp³-hybridized carbons (Fsp3) is 1.00. The summed E-state index contributed by atoms with van der Waals surface area (Å²) in [6, 6.07) is 0. The molecule has 0 aromatic carbocycles. The van der Waals surface area contributed by atoms with Crippen molar-refractivity contribution < 1.29 is 8.42 Å². The smallest absolute Gasteiger partial charge is 0.283 e. The maximum Gasteiger partial charge on any atom is 0.283 e. The van der Waals surface area contributed by atoms with Gasteiger partial charge in [-0.1, -0.05) is 6.42 Å². The van der Waals surface area contributed by atoms with E-state index in [1.54, 1.807) is 4.31 Å². The minimum absolute atomic E-state index is 0.308. The molecule has 0 aromatic heterocycles. The maximum atomic E-state index is 12.2. The molecule has 2 rings (SSSR count). The van der Waals surface area contributed by atoms with Crippen LogP contribution in [-0.2, 0) is 10.2 Å². The van der Waals surface area contributed by atoms with Crippen molar-refractivity contribution >= 4 is 10.2 Å². The molecular weight excluding hydrogens is 214 g/mol. The molecule has 2 N–H and O–H groups in total. The number of nitrogens with two attached hydrogens (primary N) is 1. The second kappa shape index (κ2) is 4.37. The minimum Gasteiger partial charge on any atom is -0.315 e. The Kier molecular flexibility index (Phi) is 3.30. The Labute approximate surface area is 91.4 Å². The van der Waals surface area contributed by atoms with E-state index in [-0.39, 0.29) is 6.17 Å². The predicted octanol–water partition coefficient (Wildman–Crippen LogP) is 0.0977. The van der Waals surface area contributed by atoms with Crippen LogP contribution in [0.4, 0.5) is 0 Å². The van der Waals surface area contributed by atoms with Crippen LogP contribution in [0.15, 0.2) is 0 Å². The van der Waals surface area contributed by atoms with Gasteiger partial charge in [-0.05, 0) is 25.7 Å². The number of hydrogen-bond acceptors (Lipinski definition) is 3. The molecule has 0 aliphatic carbocycles. The molecular formula is C9H19N3O2S. The first-order valence-corrected chi connectivity index (χ1v) is 7.04. The van der Waals surface area contributed by atoms with E-state index in [2.05, 4.69) is 0 Å². The molecule has 0 amide bonds. The molecule has 0 spiro atoms. The molecule has 1 unspecified atom stereocenters. The number of piperidine rings is 1. The van der Waals surface area contributed by atoms with Gasteiger partial charge in [0.1, 0.15) is 0 Å². The quantitative estimate of drug-likeness (QED) is 0.735. The van der Waals surface area contributed by atoms with Crippen molar-refractivity contribution in [3.63, 3.8) is 0 Å². The summed E-state index contributed by atoms with van der Waals surface area (Å²) >= 11 is 0. The van der Waals surface area contributed by atoms with Crippen molar-refractivity contribution in [1.82, 2.24) is 8.61 Å². The SMILES string of the molecule is NC1CCCN1S(=O)(=O)N1CCCCC1. The zero-order chi connectivity index (χ0) is 10.9. The lowest BCUT2D eigenvalue weighted by Gasteiger charge is -2.31. The third-order valence-corrected chi connectivity index (χ3v) is 5.25. The van der Waals surface area contributed by atoms with Gasteiger partial charge in [0.05, 0.1) is 6.17 Å². The molecule has 0 radical (unpaired) electrons. The summed E-state index contributed by atoms with van der Waals surface area (Å²) in [5.41, 5.74) is 5.79. The highest BCUT2D eigenvalue weighted by molar-refractivity contribution is 7.86. The fourth-order valence-electron chi connectivity index (χ4n) is 2.30. The van der Waals surface area contributed by atoms with E-state index >= 15 is 0 Å². The number of rotatable bonds is 2. The van der Waals surface area contributed by atoms with Crippen LogP contribution in [0, 0.1) is 0 Å². The number of nitrogens with zero attached hydrogens (tertiary/aromatic N) is 2. The molecule has 0 bridgehead atoms. The largest absolute Gasteiger partial charge is 0.315 e. The van der Waals surface area contributed by atoms with Crippen LogP contribution < -0.4 is 5.73 Å². The summed E-state index contributed by atoms with van der Waals surface area (Å²) < 4.78 is 27.4. The average Bonchev–Trinajstić information content (AvgIpc) is 2.66. The van der Waals surface area contributed by atoms with Gasteiger partial charge >= 0.3 is 0 Å². The summed E-state index contributed by atoms with van der Waals surface area (Å²) in [4.78, 5) is 0. The molecule has 1 atom stereocenters. The van der Waals surface area contributed by atoms with Crippen LogP contribution in [0.25, 0.3) is 0 Å². The van der Waals surface area contributed by atoms with Crippen molar-refractivity contribution in [3.05, 3.63) is 0 Å². The minimum atomic E-state index is -3.27. The topological polar surface area (TPSA) is 66.6 Å². The highest BCUT2D eigenvalue weighted by atomic mass is 32.2. The lowest BCUT2D eigenvalue weighted by molar-refractivity contribution is 0.297. The molecule has 5 nitrogen and oxygen atoms in total. The van der Waals surface area contributed by atoms with E-state index in [0.29, 0.717) is 19.6 Å². The molecule has 0 aromatic rings. The van der Waals surface area contributed by atoms with Gasteiger partial charge in [0, 0.05) is 19.6 Å². The average molecular weight is 233 g/mol. The summed E-state index contributed by atoms with van der Waals surface area (Å²) in [6.07, 6.45) is 4.45. The molecule has 6 heteroatoms. The monoisotopic (exact) mass is 233 g/mol. The Balaban J connectivity index is 2.10. The zero-order valence-corrected chi connectivity index (χ0v) is 9.75. The van der Waals surface area contributed by atoms with E-state index in [4.69, 9.17) is 5.73 Å². The van der Waals surface area contributed by atoms with Crippen molar-refractivity contribution in [2.45, 2.75) is 38.3 Å².